The van der Waals surface area contributed by atoms with E-state index in [0.717, 1.165) is 16.3 Å². The second-order valence-corrected chi connectivity index (χ2v) is 3.63. The Balaban J connectivity index is 2.16. The molecule has 0 N–H and O–H groups in total. The summed E-state index contributed by atoms with van der Waals surface area (Å²) in [6, 6.07) is 13.9. The number of azo groups is 1. The van der Waals surface area contributed by atoms with Crippen LogP contribution in [0.1, 0.15) is 5.56 Å². The molecule has 0 saturated heterocycles. The SMILES string of the molecule is O=C1N=NC=C1c1ccc2ccccc2c1. The number of amides is 1. The number of carbonyl (C=O) groups is 1. The van der Waals surface area contributed by atoms with Gasteiger partial charge in [0.05, 0.1) is 11.8 Å². The lowest BCUT2D eigenvalue weighted by Crippen LogP contribution is -1.93. The van der Waals surface area contributed by atoms with E-state index in [1.807, 2.05) is 42.5 Å². The van der Waals surface area contributed by atoms with Gasteiger partial charge in [-0.05, 0) is 22.4 Å². The number of hydrogen-bond donors (Lipinski definition) is 0. The third-order valence-corrected chi connectivity index (χ3v) is 2.63. The molecule has 0 unspecified atom stereocenters. The van der Waals surface area contributed by atoms with Gasteiger partial charge in [-0.3, -0.25) is 4.79 Å². The number of rotatable bonds is 1. The first-order valence-electron chi connectivity index (χ1n) is 4.99. The maximum Gasteiger partial charge on any atom is 0.297 e. The van der Waals surface area contributed by atoms with Crippen LogP contribution in [-0.2, 0) is 4.79 Å². The number of fused-ring (bicyclic) bond motifs is 1. The Morgan fingerprint density at radius 3 is 2.50 bits per heavy atom. The Morgan fingerprint density at radius 1 is 0.938 bits per heavy atom. The van der Waals surface area contributed by atoms with Crippen molar-refractivity contribution in [2.45, 2.75) is 0 Å². The predicted octanol–water partition coefficient (Wildman–Crippen LogP) is 3.17. The molecule has 2 aromatic carbocycles. The minimum absolute atomic E-state index is 0.268. The molecule has 0 aliphatic carbocycles. The molecule has 76 valence electrons. The molecule has 1 aliphatic rings. The third kappa shape index (κ3) is 1.34. The molecule has 1 heterocycles. The van der Waals surface area contributed by atoms with Crippen LogP contribution in [0.5, 0.6) is 0 Å². The van der Waals surface area contributed by atoms with Gasteiger partial charge >= 0.3 is 0 Å². The molecule has 1 aliphatic heterocycles. The summed E-state index contributed by atoms with van der Waals surface area (Å²) in [6.45, 7) is 0. The van der Waals surface area contributed by atoms with Gasteiger partial charge in [0, 0.05) is 0 Å². The fraction of sp³-hybridized carbons (Fsp3) is 0. The van der Waals surface area contributed by atoms with Crippen molar-refractivity contribution in [3.8, 4) is 0 Å². The van der Waals surface area contributed by atoms with Crippen LogP contribution < -0.4 is 0 Å². The highest BCUT2D eigenvalue weighted by molar-refractivity contribution is 6.21. The quantitative estimate of drug-likeness (QED) is 0.709. The first-order valence-corrected chi connectivity index (χ1v) is 4.99. The lowest BCUT2D eigenvalue weighted by atomic mass is 10.0. The van der Waals surface area contributed by atoms with Crippen LogP contribution in [-0.4, -0.2) is 5.91 Å². The zero-order valence-corrected chi connectivity index (χ0v) is 8.42. The van der Waals surface area contributed by atoms with E-state index in [1.54, 1.807) is 0 Å². The van der Waals surface area contributed by atoms with Gasteiger partial charge in [-0.15, -0.1) is 5.11 Å². The molecule has 0 saturated carbocycles. The molecule has 3 rings (SSSR count). The predicted molar refractivity (Wildman–Crippen MR) is 61.8 cm³/mol. The fourth-order valence-electron chi connectivity index (χ4n) is 1.80. The largest absolute Gasteiger partial charge is 0.297 e. The van der Waals surface area contributed by atoms with Gasteiger partial charge in [0.25, 0.3) is 5.91 Å². The summed E-state index contributed by atoms with van der Waals surface area (Å²) in [5.74, 6) is -0.268. The summed E-state index contributed by atoms with van der Waals surface area (Å²) in [7, 11) is 0. The van der Waals surface area contributed by atoms with Gasteiger partial charge in [-0.25, -0.2) is 0 Å². The second kappa shape index (κ2) is 3.38. The Hall–Kier alpha value is -2.29. The molecule has 2 aromatic rings. The lowest BCUT2D eigenvalue weighted by molar-refractivity contribution is -0.112. The van der Waals surface area contributed by atoms with Crippen LogP contribution in [0.25, 0.3) is 16.3 Å². The number of nitrogens with zero attached hydrogens (tertiary/aromatic N) is 2. The molecule has 1 amide bonds. The van der Waals surface area contributed by atoms with Crippen LogP contribution in [0, 0.1) is 0 Å². The van der Waals surface area contributed by atoms with E-state index < -0.39 is 0 Å². The van der Waals surface area contributed by atoms with Gasteiger partial charge in [0.2, 0.25) is 0 Å². The standard InChI is InChI=1S/C13H8N2O/c16-13-12(8-14-15-13)11-6-5-9-3-1-2-4-10(9)7-11/h1-8H. The van der Waals surface area contributed by atoms with Crippen molar-refractivity contribution in [1.29, 1.82) is 0 Å². The Bertz CT molecular complexity index is 641. The lowest BCUT2D eigenvalue weighted by Gasteiger charge is -2.01. The normalized spacial score (nSPS) is 14.5. The maximum atomic E-state index is 11.4. The summed E-state index contributed by atoms with van der Waals surface area (Å²) < 4.78 is 0. The van der Waals surface area contributed by atoms with E-state index in [4.69, 9.17) is 0 Å². The summed E-state index contributed by atoms with van der Waals surface area (Å²) in [5.41, 5.74) is 1.43. The van der Waals surface area contributed by atoms with Crippen molar-refractivity contribution >= 4 is 22.3 Å². The molecule has 16 heavy (non-hydrogen) atoms. The number of benzene rings is 2. The Morgan fingerprint density at radius 2 is 1.75 bits per heavy atom. The second-order valence-electron chi connectivity index (χ2n) is 3.63. The van der Waals surface area contributed by atoms with Crippen LogP contribution >= 0.6 is 0 Å². The smallest absolute Gasteiger partial charge is 0.265 e. The van der Waals surface area contributed by atoms with E-state index in [0.29, 0.717) is 5.57 Å². The highest BCUT2D eigenvalue weighted by Crippen LogP contribution is 2.24. The molecule has 3 nitrogen and oxygen atoms in total. The molecular weight excluding hydrogens is 200 g/mol. The molecule has 0 fully saturated rings. The topological polar surface area (TPSA) is 41.8 Å². The zero-order valence-electron chi connectivity index (χ0n) is 8.42. The van der Waals surface area contributed by atoms with Gasteiger partial charge in [-0.1, -0.05) is 36.4 Å². The van der Waals surface area contributed by atoms with Gasteiger partial charge in [-0.2, -0.15) is 5.11 Å². The summed E-state index contributed by atoms with van der Waals surface area (Å²) in [6.07, 6.45) is 1.51. The van der Waals surface area contributed by atoms with Crippen molar-refractivity contribution < 1.29 is 4.79 Å². The van der Waals surface area contributed by atoms with Crippen molar-refractivity contribution in [1.82, 2.24) is 0 Å². The average molecular weight is 208 g/mol. The molecule has 3 heteroatoms. The van der Waals surface area contributed by atoms with Crippen LogP contribution in [0.15, 0.2) is 58.9 Å². The van der Waals surface area contributed by atoms with Gasteiger partial charge < -0.3 is 0 Å². The highest BCUT2D eigenvalue weighted by Gasteiger charge is 2.15. The van der Waals surface area contributed by atoms with Gasteiger partial charge in [0.15, 0.2) is 0 Å². The molecular formula is C13H8N2O. The first kappa shape index (κ1) is 8.97. The zero-order chi connectivity index (χ0) is 11.0. The third-order valence-electron chi connectivity index (χ3n) is 2.63. The van der Waals surface area contributed by atoms with Crippen molar-refractivity contribution in [3.05, 3.63) is 54.2 Å². The van der Waals surface area contributed by atoms with E-state index >= 15 is 0 Å². The molecule has 0 bridgehead atoms. The van der Waals surface area contributed by atoms with Gasteiger partial charge in [0.1, 0.15) is 0 Å². The van der Waals surface area contributed by atoms with Crippen LogP contribution in [0.3, 0.4) is 0 Å². The summed E-state index contributed by atoms with van der Waals surface area (Å²) >= 11 is 0. The highest BCUT2D eigenvalue weighted by atomic mass is 16.2. The Kier molecular flexibility index (Phi) is 1.90. The molecule has 0 aromatic heterocycles. The van der Waals surface area contributed by atoms with Crippen LogP contribution in [0.2, 0.25) is 0 Å². The molecule has 0 atom stereocenters. The van der Waals surface area contributed by atoms with Crippen molar-refractivity contribution in [2.75, 3.05) is 0 Å². The maximum absolute atomic E-state index is 11.4. The first-order chi connectivity index (χ1) is 7.84. The Labute approximate surface area is 92.1 Å². The summed E-state index contributed by atoms with van der Waals surface area (Å²) in [4.78, 5) is 11.4. The number of carbonyl (C=O) groups excluding carboxylic acids is 1. The minimum atomic E-state index is -0.268. The molecule has 0 spiro atoms. The minimum Gasteiger partial charge on any atom is -0.265 e. The van der Waals surface area contributed by atoms with Crippen LogP contribution in [0.4, 0.5) is 0 Å². The molecule has 0 radical (unpaired) electrons. The number of hydrogen-bond acceptors (Lipinski definition) is 2. The average Bonchev–Trinajstić information content (AvgIpc) is 2.75. The van der Waals surface area contributed by atoms with Crippen molar-refractivity contribution in [2.24, 2.45) is 10.2 Å². The van der Waals surface area contributed by atoms with E-state index in [-0.39, 0.29) is 5.91 Å². The van der Waals surface area contributed by atoms with E-state index in [2.05, 4.69) is 10.2 Å². The van der Waals surface area contributed by atoms with E-state index in [9.17, 15) is 4.79 Å². The van der Waals surface area contributed by atoms with Crippen molar-refractivity contribution in [3.63, 3.8) is 0 Å². The summed E-state index contributed by atoms with van der Waals surface area (Å²) in [5, 5.41) is 9.35. The monoisotopic (exact) mass is 208 g/mol. The fourth-order valence-corrected chi connectivity index (χ4v) is 1.80. The van der Waals surface area contributed by atoms with E-state index in [1.165, 1.54) is 6.20 Å².